The van der Waals surface area contributed by atoms with Gasteiger partial charge in [-0.3, -0.25) is 0 Å². The van der Waals surface area contributed by atoms with Gasteiger partial charge in [0.05, 0.1) is 13.2 Å². The summed E-state index contributed by atoms with van der Waals surface area (Å²) >= 11 is 0. The lowest BCUT2D eigenvalue weighted by atomic mass is 9.93. The fourth-order valence-electron chi connectivity index (χ4n) is 2.39. The van der Waals surface area contributed by atoms with Crippen LogP contribution in [0.4, 0.5) is 0 Å². The van der Waals surface area contributed by atoms with Crippen LogP contribution in [0.3, 0.4) is 0 Å². The summed E-state index contributed by atoms with van der Waals surface area (Å²) in [5.41, 5.74) is 5.11. The molecule has 1 N–H and O–H groups in total. The van der Waals surface area contributed by atoms with Gasteiger partial charge in [0.15, 0.2) is 0 Å². The van der Waals surface area contributed by atoms with Crippen LogP contribution >= 0.6 is 0 Å². The number of rotatable bonds is 4. The standard InChI is InChI=1S/C17H21NO/c1-12-8-9-13(2)16(10-12)17(18-3)14-6-5-7-15(11-14)19-4/h5-11,17-18H,1-4H3. The first-order valence-electron chi connectivity index (χ1n) is 6.54. The Balaban J connectivity index is 2.46. The number of benzene rings is 2. The predicted octanol–water partition coefficient (Wildman–Crippen LogP) is 3.62. The van der Waals surface area contributed by atoms with Gasteiger partial charge in [-0.15, -0.1) is 0 Å². The van der Waals surface area contributed by atoms with Gasteiger partial charge in [0.25, 0.3) is 0 Å². The Labute approximate surface area is 115 Å². The van der Waals surface area contributed by atoms with Gasteiger partial charge in [-0.1, -0.05) is 35.9 Å². The van der Waals surface area contributed by atoms with E-state index in [-0.39, 0.29) is 6.04 Å². The molecule has 0 aliphatic rings. The second-order valence-corrected chi connectivity index (χ2v) is 4.86. The third kappa shape index (κ3) is 2.96. The van der Waals surface area contributed by atoms with Crippen molar-refractivity contribution in [1.82, 2.24) is 5.32 Å². The highest BCUT2D eigenvalue weighted by Crippen LogP contribution is 2.27. The molecule has 2 rings (SSSR count). The van der Waals surface area contributed by atoms with Crippen LogP contribution in [0.15, 0.2) is 42.5 Å². The van der Waals surface area contributed by atoms with E-state index >= 15 is 0 Å². The first-order chi connectivity index (χ1) is 9.15. The molecule has 0 bridgehead atoms. The molecule has 100 valence electrons. The molecule has 0 aromatic heterocycles. The van der Waals surface area contributed by atoms with Crippen molar-refractivity contribution in [2.24, 2.45) is 0 Å². The highest BCUT2D eigenvalue weighted by molar-refractivity contribution is 5.41. The molecular weight excluding hydrogens is 234 g/mol. The maximum absolute atomic E-state index is 5.31. The molecule has 19 heavy (non-hydrogen) atoms. The molecule has 2 heteroatoms. The Hall–Kier alpha value is -1.80. The van der Waals surface area contributed by atoms with Crippen LogP contribution in [-0.2, 0) is 0 Å². The topological polar surface area (TPSA) is 21.3 Å². The van der Waals surface area contributed by atoms with E-state index in [1.807, 2.05) is 19.2 Å². The van der Waals surface area contributed by atoms with E-state index in [9.17, 15) is 0 Å². The normalized spacial score (nSPS) is 12.2. The fourth-order valence-corrected chi connectivity index (χ4v) is 2.39. The van der Waals surface area contributed by atoms with E-state index in [0.29, 0.717) is 0 Å². The van der Waals surface area contributed by atoms with E-state index in [4.69, 9.17) is 4.74 Å². The lowest BCUT2D eigenvalue weighted by Gasteiger charge is -2.20. The molecule has 0 aliphatic heterocycles. The third-order valence-corrected chi connectivity index (χ3v) is 3.46. The van der Waals surface area contributed by atoms with Crippen LogP contribution in [0, 0.1) is 13.8 Å². The van der Waals surface area contributed by atoms with E-state index in [1.165, 1.54) is 22.3 Å². The number of hydrogen-bond donors (Lipinski definition) is 1. The van der Waals surface area contributed by atoms with Gasteiger partial charge in [0.2, 0.25) is 0 Å². The van der Waals surface area contributed by atoms with E-state index in [0.717, 1.165) is 5.75 Å². The van der Waals surface area contributed by atoms with Crippen LogP contribution in [0.1, 0.15) is 28.3 Å². The monoisotopic (exact) mass is 255 g/mol. The smallest absolute Gasteiger partial charge is 0.119 e. The second-order valence-electron chi connectivity index (χ2n) is 4.86. The van der Waals surface area contributed by atoms with Gasteiger partial charge in [-0.05, 0) is 49.7 Å². The summed E-state index contributed by atoms with van der Waals surface area (Å²) in [6.45, 7) is 4.28. The molecule has 0 radical (unpaired) electrons. The summed E-state index contributed by atoms with van der Waals surface area (Å²) in [7, 11) is 3.69. The van der Waals surface area contributed by atoms with Crippen molar-refractivity contribution in [3.05, 3.63) is 64.7 Å². The summed E-state index contributed by atoms with van der Waals surface area (Å²) < 4.78 is 5.31. The summed E-state index contributed by atoms with van der Waals surface area (Å²) in [5, 5.41) is 3.40. The summed E-state index contributed by atoms with van der Waals surface area (Å²) in [4.78, 5) is 0. The quantitative estimate of drug-likeness (QED) is 0.901. The maximum atomic E-state index is 5.31. The lowest BCUT2D eigenvalue weighted by Crippen LogP contribution is -2.18. The number of ether oxygens (including phenoxy) is 1. The van der Waals surface area contributed by atoms with Crippen LogP contribution < -0.4 is 10.1 Å². The number of aryl methyl sites for hydroxylation is 2. The molecule has 1 atom stereocenters. The summed E-state index contributed by atoms with van der Waals surface area (Å²) in [5.74, 6) is 0.892. The van der Waals surface area contributed by atoms with Crippen molar-refractivity contribution in [2.75, 3.05) is 14.2 Å². The molecule has 0 amide bonds. The van der Waals surface area contributed by atoms with E-state index < -0.39 is 0 Å². The molecule has 2 aromatic carbocycles. The Kier molecular flexibility index (Phi) is 4.23. The zero-order chi connectivity index (χ0) is 13.8. The molecule has 1 unspecified atom stereocenters. The highest BCUT2D eigenvalue weighted by atomic mass is 16.5. The van der Waals surface area contributed by atoms with Crippen molar-refractivity contribution < 1.29 is 4.74 Å². The fraction of sp³-hybridized carbons (Fsp3) is 0.294. The minimum absolute atomic E-state index is 0.190. The average Bonchev–Trinajstić information content (AvgIpc) is 2.44. The van der Waals surface area contributed by atoms with Crippen molar-refractivity contribution >= 4 is 0 Å². The molecule has 0 spiro atoms. The highest BCUT2D eigenvalue weighted by Gasteiger charge is 2.14. The summed E-state index contributed by atoms with van der Waals surface area (Å²) in [6, 6.07) is 15.0. The van der Waals surface area contributed by atoms with Crippen LogP contribution in [0.5, 0.6) is 5.75 Å². The van der Waals surface area contributed by atoms with Crippen molar-refractivity contribution in [1.29, 1.82) is 0 Å². The molecule has 0 fully saturated rings. The van der Waals surface area contributed by atoms with Crippen molar-refractivity contribution in [3.8, 4) is 5.75 Å². The Morgan fingerprint density at radius 1 is 1.05 bits per heavy atom. The van der Waals surface area contributed by atoms with Gasteiger partial charge in [-0.25, -0.2) is 0 Å². The Morgan fingerprint density at radius 2 is 1.84 bits per heavy atom. The second kappa shape index (κ2) is 5.89. The molecule has 0 aliphatic carbocycles. The van der Waals surface area contributed by atoms with Crippen LogP contribution in [0.25, 0.3) is 0 Å². The number of methoxy groups -OCH3 is 1. The largest absolute Gasteiger partial charge is 0.497 e. The summed E-state index contributed by atoms with van der Waals surface area (Å²) in [6.07, 6.45) is 0. The predicted molar refractivity (Wildman–Crippen MR) is 79.8 cm³/mol. The van der Waals surface area contributed by atoms with E-state index in [2.05, 4.69) is 49.5 Å². The molecular formula is C17H21NO. The van der Waals surface area contributed by atoms with E-state index in [1.54, 1.807) is 7.11 Å². The lowest BCUT2D eigenvalue weighted by molar-refractivity contribution is 0.414. The Morgan fingerprint density at radius 3 is 2.53 bits per heavy atom. The molecule has 2 nitrogen and oxygen atoms in total. The Bertz CT molecular complexity index is 563. The SMILES string of the molecule is CNC(c1cccc(OC)c1)c1cc(C)ccc1C. The van der Waals surface area contributed by atoms with Gasteiger partial charge in [0.1, 0.15) is 5.75 Å². The van der Waals surface area contributed by atoms with Crippen LogP contribution in [0.2, 0.25) is 0 Å². The van der Waals surface area contributed by atoms with Crippen LogP contribution in [-0.4, -0.2) is 14.2 Å². The average molecular weight is 255 g/mol. The first-order valence-corrected chi connectivity index (χ1v) is 6.54. The minimum atomic E-state index is 0.190. The van der Waals surface area contributed by atoms with Crippen molar-refractivity contribution in [3.63, 3.8) is 0 Å². The van der Waals surface area contributed by atoms with Gasteiger partial charge in [-0.2, -0.15) is 0 Å². The number of nitrogens with one attached hydrogen (secondary N) is 1. The number of hydrogen-bond acceptors (Lipinski definition) is 2. The molecule has 0 saturated heterocycles. The minimum Gasteiger partial charge on any atom is -0.497 e. The van der Waals surface area contributed by atoms with Crippen molar-refractivity contribution in [2.45, 2.75) is 19.9 Å². The van der Waals surface area contributed by atoms with Gasteiger partial charge in [0, 0.05) is 0 Å². The van der Waals surface area contributed by atoms with Gasteiger partial charge >= 0.3 is 0 Å². The molecule has 2 aromatic rings. The zero-order valence-electron chi connectivity index (χ0n) is 12.0. The molecule has 0 saturated carbocycles. The maximum Gasteiger partial charge on any atom is 0.119 e. The molecule has 0 heterocycles. The van der Waals surface area contributed by atoms with Gasteiger partial charge < -0.3 is 10.1 Å². The zero-order valence-corrected chi connectivity index (χ0v) is 12.0. The first kappa shape index (κ1) is 13.6. The third-order valence-electron chi connectivity index (χ3n) is 3.46.